The number of esters is 1. The van der Waals surface area contributed by atoms with Gasteiger partial charge in [0.05, 0.1) is 24.9 Å². The molecule has 0 saturated heterocycles. The topological polar surface area (TPSA) is 91.4 Å². The maximum absolute atomic E-state index is 13.0. The van der Waals surface area contributed by atoms with E-state index in [-0.39, 0.29) is 29.6 Å². The minimum Gasteiger partial charge on any atom is -0.461 e. The summed E-state index contributed by atoms with van der Waals surface area (Å²) in [6, 6.07) is 7.10. The zero-order valence-corrected chi connectivity index (χ0v) is 19.5. The second-order valence-electron chi connectivity index (χ2n) is 7.62. The number of furan rings is 1. The molecule has 31 heavy (non-hydrogen) atoms. The largest absolute Gasteiger partial charge is 0.461 e. The molecule has 3 aromatic heterocycles. The molecular formula is C22H19BrN2O5S. The number of ether oxygens (including phenoxy) is 1. The number of hydrogen-bond acceptors (Lipinski definition) is 7. The summed E-state index contributed by atoms with van der Waals surface area (Å²) in [6.07, 6.45) is 1.32. The monoisotopic (exact) mass is 502 g/mol. The number of carbonyl (C=O) groups is 2. The number of Topliss-reactive ketones (excluding diaryl/α,β-unsaturated/α-hetero) is 1. The molecule has 3 heterocycles. The number of ketones is 1. The third kappa shape index (κ3) is 4.20. The molecule has 0 saturated carbocycles. The molecule has 0 fully saturated rings. The van der Waals surface area contributed by atoms with Gasteiger partial charge in [-0.25, -0.2) is 9.78 Å². The van der Waals surface area contributed by atoms with E-state index >= 15 is 0 Å². The summed E-state index contributed by atoms with van der Waals surface area (Å²) in [5.41, 5.74) is 0.723. The second-order valence-corrected chi connectivity index (χ2v) is 9.54. The van der Waals surface area contributed by atoms with Crippen molar-refractivity contribution >= 4 is 60.2 Å². The van der Waals surface area contributed by atoms with Crippen LogP contribution in [0.15, 0.2) is 44.3 Å². The van der Waals surface area contributed by atoms with Gasteiger partial charge in [0.15, 0.2) is 5.76 Å². The van der Waals surface area contributed by atoms with Crippen LogP contribution in [0.1, 0.15) is 39.6 Å². The zero-order valence-electron chi connectivity index (χ0n) is 17.1. The molecule has 9 heteroatoms. The Morgan fingerprint density at radius 1 is 1.29 bits per heavy atom. The van der Waals surface area contributed by atoms with Crippen LogP contribution in [0.25, 0.3) is 21.2 Å². The highest BCUT2D eigenvalue weighted by Gasteiger charge is 2.22. The molecule has 0 N–H and O–H groups in total. The molecular weight excluding hydrogens is 484 g/mol. The molecule has 0 unspecified atom stereocenters. The van der Waals surface area contributed by atoms with E-state index in [0.717, 1.165) is 21.2 Å². The van der Waals surface area contributed by atoms with Gasteiger partial charge in [-0.2, -0.15) is 0 Å². The van der Waals surface area contributed by atoms with Crippen LogP contribution in [0, 0.1) is 12.8 Å². The predicted molar refractivity (Wildman–Crippen MR) is 122 cm³/mol. The number of aromatic nitrogens is 2. The molecule has 160 valence electrons. The lowest BCUT2D eigenvalue weighted by molar-refractivity contribution is 0.0464. The van der Waals surface area contributed by atoms with E-state index in [4.69, 9.17) is 9.15 Å². The van der Waals surface area contributed by atoms with E-state index in [9.17, 15) is 14.4 Å². The molecule has 0 amide bonds. The first-order valence-corrected chi connectivity index (χ1v) is 11.2. The summed E-state index contributed by atoms with van der Waals surface area (Å²) < 4.78 is 13.0. The average molecular weight is 503 g/mol. The SMILES string of the molecule is Cc1c(C(=O)OCC(C)C)sc2ncn(CC(=O)c3cc4cc(Br)ccc4o3)c(=O)c12. The number of thiophene rings is 1. The fourth-order valence-electron chi connectivity index (χ4n) is 3.16. The summed E-state index contributed by atoms with van der Waals surface area (Å²) in [5, 5.41) is 1.11. The molecule has 0 aliphatic carbocycles. The Morgan fingerprint density at radius 3 is 2.81 bits per heavy atom. The van der Waals surface area contributed by atoms with Crippen LogP contribution in [0.5, 0.6) is 0 Å². The molecule has 0 bridgehead atoms. The van der Waals surface area contributed by atoms with Crippen LogP contribution in [-0.2, 0) is 11.3 Å². The third-order valence-electron chi connectivity index (χ3n) is 4.72. The van der Waals surface area contributed by atoms with Gasteiger partial charge >= 0.3 is 5.97 Å². The second kappa shape index (κ2) is 8.39. The molecule has 0 aliphatic heterocycles. The Morgan fingerprint density at radius 2 is 2.06 bits per heavy atom. The number of benzene rings is 1. The average Bonchev–Trinajstić information content (AvgIpc) is 3.29. The number of fused-ring (bicyclic) bond motifs is 2. The Hall–Kier alpha value is -2.78. The Balaban J connectivity index is 1.64. The van der Waals surface area contributed by atoms with E-state index in [1.54, 1.807) is 19.1 Å². The summed E-state index contributed by atoms with van der Waals surface area (Å²) in [6.45, 7) is 5.67. The molecule has 4 rings (SSSR count). The van der Waals surface area contributed by atoms with Crippen LogP contribution in [-0.4, -0.2) is 27.9 Å². The lowest BCUT2D eigenvalue weighted by atomic mass is 10.2. The Labute approximate surface area is 189 Å². The predicted octanol–water partition coefficient (Wildman–Crippen LogP) is 4.97. The van der Waals surface area contributed by atoms with Crippen molar-refractivity contribution in [3.63, 3.8) is 0 Å². The fraction of sp³-hybridized carbons (Fsp3) is 0.273. The normalized spacial score (nSPS) is 11.5. The first kappa shape index (κ1) is 21.5. The highest BCUT2D eigenvalue weighted by Crippen LogP contribution is 2.28. The highest BCUT2D eigenvalue weighted by molar-refractivity contribution is 9.10. The van der Waals surface area contributed by atoms with Crippen molar-refractivity contribution < 1.29 is 18.7 Å². The Bertz CT molecular complexity index is 1380. The summed E-state index contributed by atoms with van der Waals surface area (Å²) in [4.78, 5) is 43.2. The van der Waals surface area contributed by atoms with E-state index in [0.29, 0.717) is 32.8 Å². The van der Waals surface area contributed by atoms with Crippen LogP contribution >= 0.6 is 27.3 Å². The minimum atomic E-state index is -0.468. The van der Waals surface area contributed by atoms with Gasteiger partial charge in [-0.1, -0.05) is 29.8 Å². The van der Waals surface area contributed by atoms with Crippen LogP contribution in [0.4, 0.5) is 0 Å². The molecule has 4 aromatic rings. The van der Waals surface area contributed by atoms with Crippen molar-refractivity contribution in [3.05, 3.63) is 61.6 Å². The zero-order chi connectivity index (χ0) is 22.3. The molecule has 0 radical (unpaired) electrons. The van der Waals surface area contributed by atoms with Crippen LogP contribution in [0.2, 0.25) is 0 Å². The summed E-state index contributed by atoms with van der Waals surface area (Å²) in [5.74, 6) is -0.441. The lowest BCUT2D eigenvalue weighted by Crippen LogP contribution is -2.24. The fourth-order valence-corrected chi connectivity index (χ4v) is 4.57. The Kier molecular flexibility index (Phi) is 5.81. The van der Waals surface area contributed by atoms with E-state index in [2.05, 4.69) is 20.9 Å². The number of nitrogens with zero attached hydrogens (tertiary/aromatic N) is 2. The third-order valence-corrected chi connectivity index (χ3v) is 6.39. The highest BCUT2D eigenvalue weighted by atomic mass is 79.9. The van der Waals surface area contributed by atoms with Gasteiger partial charge in [0, 0.05) is 9.86 Å². The first-order chi connectivity index (χ1) is 14.7. The summed E-state index contributed by atoms with van der Waals surface area (Å²) in [7, 11) is 0. The van der Waals surface area contributed by atoms with Gasteiger partial charge < -0.3 is 9.15 Å². The number of carbonyl (C=O) groups excluding carboxylic acids is 2. The van der Waals surface area contributed by atoms with Gasteiger partial charge in [0.25, 0.3) is 5.56 Å². The van der Waals surface area contributed by atoms with Gasteiger partial charge in [-0.3, -0.25) is 14.2 Å². The van der Waals surface area contributed by atoms with Crippen molar-refractivity contribution in [1.82, 2.24) is 9.55 Å². The van der Waals surface area contributed by atoms with Gasteiger partial charge in [0.2, 0.25) is 5.78 Å². The van der Waals surface area contributed by atoms with Crippen molar-refractivity contribution in [2.24, 2.45) is 5.92 Å². The maximum Gasteiger partial charge on any atom is 0.348 e. The van der Waals surface area contributed by atoms with Gasteiger partial charge in [-0.05, 0) is 42.7 Å². The summed E-state index contributed by atoms with van der Waals surface area (Å²) >= 11 is 4.51. The molecule has 0 atom stereocenters. The van der Waals surface area contributed by atoms with Gasteiger partial charge in [-0.15, -0.1) is 11.3 Å². The van der Waals surface area contributed by atoms with Gasteiger partial charge in [0.1, 0.15) is 15.3 Å². The smallest absolute Gasteiger partial charge is 0.348 e. The van der Waals surface area contributed by atoms with E-state index in [1.807, 2.05) is 26.0 Å². The molecule has 0 spiro atoms. The lowest BCUT2D eigenvalue weighted by Gasteiger charge is -2.06. The maximum atomic E-state index is 13.0. The van der Waals surface area contributed by atoms with E-state index < -0.39 is 5.97 Å². The first-order valence-electron chi connectivity index (χ1n) is 9.62. The van der Waals surface area contributed by atoms with Crippen LogP contribution < -0.4 is 5.56 Å². The quantitative estimate of drug-likeness (QED) is 0.273. The number of rotatable bonds is 6. The molecule has 7 nitrogen and oxygen atoms in total. The molecule has 0 aliphatic rings. The van der Waals surface area contributed by atoms with Crippen molar-refractivity contribution in [3.8, 4) is 0 Å². The van der Waals surface area contributed by atoms with Crippen molar-refractivity contribution in [1.29, 1.82) is 0 Å². The standard InChI is InChI=1S/C22H19BrN2O5S/c1-11(2)9-29-22(28)19-12(3)18-20(31-19)24-10-25(21(18)27)8-15(26)17-7-13-6-14(23)4-5-16(13)30-17/h4-7,10-11H,8-9H2,1-3H3. The van der Waals surface area contributed by atoms with E-state index in [1.165, 1.54) is 10.9 Å². The van der Waals surface area contributed by atoms with Crippen LogP contribution in [0.3, 0.4) is 0 Å². The molecule has 1 aromatic carbocycles. The number of aryl methyl sites for hydroxylation is 1. The number of hydrogen-bond donors (Lipinski definition) is 0. The van der Waals surface area contributed by atoms with Crippen molar-refractivity contribution in [2.75, 3.05) is 6.61 Å². The number of halogens is 1. The van der Waals surface area contributed by atoms with Crippen molar-refractivity contribution in [2.45, 2.75) is 27.3 Å². The minimum absolute atomic E-state index is 0.167.